The van der Waals surface area contributed by atoms with Crippen molar-refractivity contribution < 1.29 is 9.18 Å². The van der Waals surface area contributed by atoms with Crippen molar-refractivity contribution in [1.82, 2.24) is 14.8 Å². The molecule has 4 N–H and O–H groups in total. The van der Waals surface area contributed by atoms with E-state index < -0.39 is 11.7 Å². The fourth-order valence-electron chi connectivity index (χ4n) is 6.31. The third kappa shape index (κ3) is 4.89. The highest BCUT2D eigenvalue weighted by Gasteiger charge is 2.47. The number of nitrogens with one attached hydrogen (secondary N) is 2. The van der Waals surface area contributed by atoms with Crippen LogP contribution in [0.3, 0.4) is 0 Å². The van der Waals surface area contributed by atoms with E-state index >= 15 is 4.39 Å². The molecule has 0 radical (unpaired) electrons. The second-order valence-corrected chi connectivity index (χ2v) is 10.7. The summed E-state index contributed by atoms with van der Waals surface area (Å²) in [6, 6.07) is 1.95. The normalized spacial score (nSPS) is 22.8. The van der Waals surface area contributed by atoms with Gasteiger partial charge in [-0.3, -0.25) is 9.78 Å². The van der Waals surface area contributed by atoms with E-state index in [1.165, 1.54) is 32.1 Å². The first-order valence-corrected chi connectivity index (χ1v) is 13.9. The highest BCUT2D eigenvalue weighted by atomic mass is 19.1. The number of fused-ring (bicyclic) bond motifs is 2. The molecule has 2 fully saturated rings. The molecule has 1 saturated heterocycles. The Bertz CT molecular complexity index is 1040. The van der Waals surface area contributed by atoms with Gasteiger partial charge in [-0.15, -0.1) is 0 Å². The van der Waals surface area contributed by atoms with Gasteiger partial charge in [0.15, 0.2) is 5.82 Å². The topological polar surface area (TPSA) is 101 Å². The first-order valence-electron chi connectivity index (χ1n) is 13.9. The predicted octanol–water partition coefficient (Wildman–Crippen LogP) is 5.48. The molecule has 36 heavy (non-hydrogen) atoms. The Balaban J connectivity index is 1.44. The molecule has 1 amide bonds. The zero-order valence-corrected chi connectivity index (χ0v) is 21.3. The number of nitrogens with zero attached hydrogens (tertiary/aromatic N) is 4. The van der Waals surface area contributed by atoms with Crippen LogP contribution in [0.25, 0.3) is 0 Å². The van der Waals surface area contributed by atoms with Crippen LogP contribution in [0, 0.1) is 0 Å². The standard InChI is InChI=1S/C27H40FN7O/c28-22-19-31-25-23(26(36)32-20-18-30-15-12-21(20)34-16-10-7-11-17-34)24(29)33-35(25)27(22)13-8-5-3-1-2-4-6-9-14-27/h12,15,18,22,31H,1-11,13-14,16-17,19H2,(H2,29,33)(H,32,36). The summed E-state index contributed by atoms with van der Waals surface area (Å²) in [6.07, 6.45) is 16.3. The fraction of sp³-hybridized carbons (Fsp3) is 0.667. The summed E-state index contributed by atoms with van der Waals surface area (Å²) in [4.78, 5) is 20.1. The van der Waals surface area contributed by atoms with Crippen LogP contribution in [-0.4, -0.2) is 46.5 Å². The Kier molecular flexibility index (Phi) is 7.62. The molecule has 2 aromatic heterocycles. The van der Waals surface area contributed by atoms with Crippen LogP contribution in [0.15, 0.2) is 18.5 Å². The number of aromatic nitrogens is 3. The average molecular weight is 498 g/mol. The summed E-state index contributed by atoms with van der Waals surface area (Å²) < 4.78 is 17.5. The number of carbonyl (C=O) groups excluding carboxylic acids is 1. The zero-order valence-electron chi connectivity index (χ0n) is 21.3. The van der Waals surface area contributed by atoms with E-state index in [2.05, 4.69) is 25.6 Å². The number of amides is 1. The third-order valence-electron chi connectivity index (χ3n) is 8.31. The number of halogens is 1. The van der Waals surface area contributed by atoms with Crippen LogP contribution < -0.4 is 21.3 Å². The molecule has 196 valence electrons. The first-order chi connectivity index (χ1) is 17.6. The Morgan fingerprint density at radius 2 is 1.67 bits per heavy atom. The second-order valence-electron chi connectivity index (χ2n) is 10.7. The van der Waals surface area contributed by atoms with Crippen molar-refractivity contribution in [2.24, 2.45) is 0 Å². The Morgan fingerprint density at radius 3 is 2.36 bits per heavy atom. The molecule has 3 aliphatic rings. The van der Waals surface area contributed by atoms with Gasteiger partial charge in [-0.1, -0.05) is 51.4 Å². The van der Waals surface area contributed by atoms with Crippen molar-refractivity contribution >= 4 is 28.9 Å². The van der Waals surface area contributed by atoms with Gasteiger partial charge in [0.1, 0.15) is 17.6 Å². The van der Waals surface area contributed by atoms with Gasteiger partial charge < -0.3 is 21.3 Å². The minimum atomic E-state index is -1.08. The highest BCUT2D eigenvalue weighted by Crippen LogP contribution is 2.43. The Labute approximate surface area is 213 Å². The maximum absolute atomic E-state index is 15.7. The largest absolute Gasteiger partial charge is 0.381 e. The van der Waals surface area contributed by atoms with Crippen LogP contribution in [0.4, 0.5) is 27.4 Å². The minimum Gasteiger partial charge on any atom is -0.381 e. The number of carbonyl (C=O) groups is 1. The maximum atomic E-state index is 15.7. The van der Waals surface area contributed by atoms with Gasteiger partial charge in [0, 0.05) is 25.8 Å². The zero-order chi connectivity index (χ0) is 25.0. The SMILES string of the molecule is Nc1nn2c(c1C(=O)Nc1cnccc1N1CCCCC1)NCC(F)C21CCCCCCCCCC1. The summed E-state index contributed by atoms with van der Waals surface area (Å²) in [5.74, 6) is 0.343. The lowest BCUT2D eigenvalue weighted by atomic mass is 9.81. The van der Waals surface area contributed by atoms with Crippen molar-refractivity contribution in [3.05, 3.63) is 24.0 Å². The second kappa shape index (κ2) is 11.0. The van der Waals surface area contributed by atoms with Crippen molar-refractivity contribution in [1.29, 1.82) is 0 Å². The van der Waals surface area contributed by atoms with Crippen molar-refractivity contribution in [3.63, 3.8) is 0 Å². The van der Waals surface area contributed by atoms with Crippen LogP contribution in [0.2, 0.25) is 0 Å². The average Bonchev–Trinajstić information content (AvgIpc) is 3.21. The Morgan fingerprint density at radius 1 is 1.03 bits per heavy atom. The minimum absolute atomic E-state index is 0.140. The number of alkyl halides is 1. The summed E-state index contributed by atoms with van der Waals surface area (Å²) in [5, 5.41) is 10.8. The van der Waals surface area contributed by atoms with Gasteiger partial charge in [0.05, 0.1) is 23.1 Å². The van der Waals surface area contributed by atoms with Gasteiger partial charge in [-0.2, -0.15) is 5.10 Å². The fourth-order valence-corrected chi connectivity index (χ4v) is 6.31. The monoisotopic (exact) mass is 497 g/mol. The predicted molar refractivity (Wildman–Crippen MR) is 142 cm³/mol. The molecule has 0 aromatic carbocycles. The number of pyridine rings is 1. The molecule has 4 heterocycles. The van der Waals surface area contributed by atoms with E-state index in [4.69, 9.17) is 5.73 Å². The molecule has 8 nitrogen and oxygen atoms in total. The molecule has 1 atom stereocenters. The first kappa shape index (κ1) is 24.8. The summed E-state index contributed by atoms with van der Waals surface area (Å²) >= 11 is 0. The molecule has 1 aliphatic carbocycles. The van der Waals surface area contributed by atoms with Gasteiger partial charge >= 0.3 is 0 Å². The third-order valence-corrected chi connectivity index (χ3v) is 8.31. The van der Waals surface area contributed by atoms with E-state index in [9.17, 15) is 4.79 Å². The molecule has 9 heteroatoms. The summed E-state index contributed by atoms with van der Waals surface area (Å²) in [6.45, 7) is 2.08. The summed E-state index contributed by atoms with van der Waals surface area (Å²) in [7, 11) is 0. The van der Waals surface area contributed by atoms with Gasteiger partial charge in [0.2, 0.25) is 0 Å². The lowest BCUT2D eigenvalue weighted by Gasteiger charge is -2.42. The number of nitrogens with two attached hydrogens (primary N) is 1. The number of piperidine rings is 1. The molecule has 1 unspecified atom stereocenters. The van der Waals surface area contributed by atoms with Crippen molar-refractivity contribution in [3.8, 4) is 0 Å². The molecular weight excluding hydrogens is 457 g/mol. The smallest absolute Gasteiger partial charge is 0.263 e. The quantitative estimate of drug-likeness (QED) is 0.519. The number of nitrogen functional groups attached to an aromatic ring is 1. The van der Waals surface area contributed by atoms with Gasteiger partial charge in [-0.05, 0) is 38.2 Å². The lowest BCUT2D eigenvalue weighted by Crippen LogP contribution is -2.51. The van der Waals surface area contributed by atoms with Gasteiger partial charge in [0.25, 0.3) is 5.91 Å². The molecule has 1 saturated carbocycles. The highest BCUT2D eigenvalue weighted by molar-refractivity contribution is 6.12. The van der Waals surface area contributed by atoms with E-state index in [0.29, 0.717) is 29.9 Å². The number of hydrogen-bond acceptors (Lipinski definition) is 6. The lowest BCUT2D eigenvalue weighted by molar-refractivity contribution is 0.0738. The van der Waals surface area contributed by atoms with Crippen molar-refractivity contribution in [2.45, 2.75) is 95.2 Å². The molecular formula is C27H40FN7O. The van der Waals surface area contributed by atoms with Crippen LogP contribution in [-0.2, 0) is 5.54 Å². The molecule has 0 bridgehead atoms. The summed E-state index contributed by atoms with van der Waals surface area (Å²) in [5.41, 5.74) is 7.52. The van der Waals surface area contributed by atoms with E-state index in [1.54, 1.807) is 17.1 Å². The van der Waals surface area contributed by atoms with E-state index in [1.807, 2.05) is 6.07 Å². The molecule has 1 spiro atoms. The van der Waals surface area contributed by atoms with E-state index in [-0.39, 0.29) is 18.3 Å². The maximum Gasteiger partial charge on any atom is 0.263 e. The number of anilines is 4. The molecule has 2 aromatic rings. The number of rotatable bonds is 3. The van der Waals surface area contributed by atoms with Crippen LogP contribution >= 0.6 is 0 Å². The van der Waals surface area contributed by atoms with E-state index in [0.717, 1.165) is 57.3 Å². The van der Waals surface area contributed by atoms with Crippen LogP contribution in [0.1, 0.15) is 93.8 Å². The van der Waals surface area contributed by atoms with Crippen LogP contribution in [0.5, 0.6) is 0 Å². The molecule has 2 aliphatic heterocycles. The Hall–Kier alpha value is -2.84. The number of hydrogen-bond donors (Lipinski definition) is 3. The van der Waals surface area contributed by atoms with Gasteiger partial charge in [-0.25, -0.2) is 9.07 Å². The molecule has 5 rings (SSSR count). The van der Waals surface area contributed by atoms with Crippen molar-refractivity contribution in [2.75, 3.05) is 40.9 Å².